The van der Waals surface area contributed by atoms with E-state index < -0.39 is 0 Å². The number of anilines is 1. The Morgan fingerprint density at radius 3 is 2.52 bits per heavy atom. The van der Waals surface area contributed by atoms with Crippen molar-refractivity contribution in [3.8, 4) is 22.9 Å². The lowest BCUT2D eigenvalue weighted by molar-refractivity contribution is -0.113. The van der Waals surface area contributed by atoms with Gasteiger partial charge < -0.3 is 14.8 Å². The second kappa shape index (κ2) is 12.1. The summed E-state index contributed by atoms with van der Waals surface area (Å²) in [5.74, 6) is 0.903. The van der Waals surface area contributed by atoms with Crippen molar-refractivity contribution in [2.24, 2.45) is 0 Å². The number of fused-ring (bicyclic) bond motifs is 1. The number of nitrogens with zero attached hydrogens (tertiary/aromatic N) is 3. The number of carbonyl (C=O) groups excluding carboxylic acids is 1. The van der Waals surface area contributed by atoms with Gasteiger partial charge in [-0.2, -0.15) is 0 Å². The van der Waals surface area contributed by atoms with Gasteiger partial charge in [-0.15, -0.1) is 0 Å². The molecule has 5 aromatic rings. The Kier molecular flexibility index (Phi) is 8.34. The van der Waals surface area contributed by atoms with Gasteiger partial charge in [0, 0.05) is 17.4 Å². The number of carbonyl (C=O) groups is 1. The highest BCUT2D eigenvalue weighted by Crippen LogP contribution is 2.30. The second-order valence-electron chi connectivity index (χ2n) is 8.65. The number of benzene rings is 3. The number of nitrogens with one attached hydrogen (secondary N) is 1. The van der Waals surface area contributed by atoms with E-state index in [1.165, 1.54) is 21.5 Å². The Bertz CT molecular complexity index is 1810. The van der Waals surface area contributed by atoms with Gasteiger partial charge in [0.15, 0.2) is 14.8 Å². The number of hydrogen-bond donors (Lipinski definition) is 1. The first-order chi connectivity index (χ1) is 19.4. The van der Waals surface area contributed by atoms with Crippen LogP contribution in [0.25, 0.3) is 21.7 Å². The number of amides is 1. The summed E-state index contributed by atoms with van der Waals surface area (Å²) < 4.78 is 15.0. The van der Waals surface area contributed by atoms with Crippen molar-refractivity contribution in [3.63, 3.8) is 0 Å². The van der Waals surface area contributed by atoms with Crippen LogP contribution in [0.5, 0.6) is 11.5 Å². The lowest BCUT2D eigenvalue weighted by Crippen LogP contribution is -2.23. The van der Waals surface area contributed by atoms with Gasteiger partial charge in [0.2, 0.25) is 5.91 Å². The fourth-order valence-electron chi connectivity index (χ4n) is 4.20. The van der Waals surface area contributed by atoms with Gasteiger partial charge in [-0.1, -0.05) is 60.4 Å². The van der Waals surface area contributed by atoms with Gasteiger partial charge in [-0.05, 0) is 60.6 Å². The second-order valence-corrected chi connectivity index (χ2v) is 11.2. The molecule has 1 N–H and O–H groups in total. The van der Waals surface area contributed by atoms with E-state index in [0.717, 1.165) is 23.9 Å². The maximum absolute atomic E-state index is 14.0. The average Bonchev–Trinajstić information content (AvgIpc) is 3.32. The van der Waals surface area contributed by atoms with Gasteiger partial charge in [0.1, 0.15) is 16.2 Å². The zero-order valence-electron chi connectivity index (χ0n) is 22.0. The third-order valence-corrected chi connectivity index (χ3v) is 8.48. The normalized spacial score (nSPS) is 11.0. The highest BCUT2D eigenvalue weighted by molar-refractivity contribution is 7.99. The van der Waals surface area contributed by atoms with Crippen molar-refractivity contribution in [2.45, 2.75) is 18.5 Å². The standard InChI is InChI=1S/C29H26N4O4S3/c1-4-18-12-14-20(15-13-18)32-26-25(40-29(32)38)27(35)33(22-10-5-6-11-23(22)37-3)28(31-26)39-17-24(34)30-19-8-7-9-21(16-19)36-2/h5-16H,4,17H2,1-3H3,(H,30,34). The largest absolute Gasteiger partial charge is 0.497 e. The van der Waals surface area contributed by atoms with Crippen LogP contribution in [0.15, 0.2) is 82.7 Å². The molecule has 1 amide bonds. The summed E-state index contributed by atoms with van der Waals surface area (Å²) in [4.78, 5) is 31.8. The smallest absolute Gasteiger partial charge is 0.278 e. The summed E-state index contributed by atoms with van der Waals surface area (Å²) >= 11 is 8.06. The van der Waals surface area contributed by atoms with E-state index in [-0.39, 0.29) is 17.2 Å². The Morgan fingerprint density at radius 2 is 1.80 bits per heavy atom. The summed E-state index contributed by atoms with van der Waals surface area (Å²) in [5, 5.41) is 3.22. The molecular formula is C29H26N4O4S3. The van der Waals surface area contributed by atoms with E-state index in [9.17, 15) is 9.59 Å². The minimum absolute atomic E-state index is 0.0143. The molecule has 5 rings (SSSR count). The van der Waals surface area contributed by atoms with Gasteiger partial charge >= 0.3 is 0 Å². The van der Waals surface area contributed by atoms with Crippen LogP contribution < -0.4 is 20.3 Å². The molecule has 0 spiro atoms. The maximum Gasteiger partial charge on any atom is 0.278 e. The quantitative estimate of drug-likeness (QED) is 0.123. The number of aryl methyl sites for hydroxylation is 1. The van der Waals surface area contributed by atoms with Crippen LogP contribution in [0.3, 0.4) is 0 Å². The van der Waals surface area contributed by atoms with E-state index in [4.69, 9.17) is 26.7 Å². The lowest BCUT2D eigenvalue weighted by atomic mass is 10.1. The molecule has 0 saturated carbocycles. The maximum atomic E-state index is 14.0. The third-order valence-electron chi connectivity index (χ3n) is 6.19. The molecule has 40 heavy (non-hydrogen) atoms. The van der Waals surface area contributed by atoms with Crippen LogP contribution in [0.1, 0.15) is 12.5 Å². The summed E-state index contributed by atoms with van der Waals surface area (Å²) in [5.41, 5.74) is 3.31. The molecule has 204 valence electrons. The number of rotatable bonds is 9. The van der Waals surface area contributed by atoms with E-state index >= 15 is 0 Å². The van der Waals surface area contributed by atoms with Crippen molar-refractivity contribution < 1.29 is 14.3 Å². The van der Waals surface area contributed by atoms with E-state index in [1.54, 1.807) is 50.6 Å². The van der Waals surface area contributed by atoms with Crippen molar-refractivity contribution in [1.82, 2.24) is 14.1 Å². The molecule has 0 atom stereocenters. The monoisotopic (exact) mass is 590 g/mol. The summed E-state index contributed by atoms with van der Waals surface area (Å²) in [6, 6.07) is 22.3. The van der Waals surface area contributed by atoms with Crippen molar-refractivity contribution in [2.75, 3.05) is 25.3 Å². The zero-order chi connectivity index (χ0) is 28.2. The van der Waals surface area contributed by atoms with Crippen molar-refractivity contribution in [1.29, 1.82) is 0 Å². The van der Waals surface area contributed by atoms with Crippen LogP contribution in [0, 0.1) is 3.95 Å². The lowest BCUT2D eigenvalue weighted by Gasteiger charge is -2.15. The molecule has 0 aliphatic heterocycles. The highest BCUT2D eigenvalue weighted by Gasteiger charge is 2.21. The number of para-hydroxylation sites is 2. The fourth-order valence-corrected chi connectivity index (χ4v) is 6.30. The number of thiazole rings is 1. The van der Waals surface area contributed by atoms with Crippen LogP contribution in [0.2, 0.25) is 0 Å². The Labute approximate surface area is 244 Å². The molecule has 0 radical (unpaired) electrons. The first-order valence-electron chi connectivity index (χ1n) is 12.4. The molecule has 8 nitrogen and oxygen atoms in total. The molecule has 2 aromatic heterocycles. The highest BCUT2D eigenvalue weighted by atomic mass is 32.2. The van der Waals surface area contributed by atoms with Gasteiger partial charge in [-0.3, -0.25) is 18.7 Å². The predicted octanol–water partition coefficient (Wildman–Crippen LogP) is 6.28. The molecule has 3 aromatic carbocycles. The topological polar surface area (TPSA) is 87.4 Å². The molecule has 0 bridgehead atoms. The molecule has 0 aliphatic carbocycles. The van der Waals surface area contributed by atoms with Gasteiger partial charge in [-0.25, -0.2) is 4.98 Å². The molecule has 0 fully saturated rings. The molecular weight excluding hydrogens is 565 g/mol. The van der Waals surface area contributed by atoms with Crippen molar-refractivity contribution in [3.05, 3.63) is 92.7 Å². The van der Waals surface area contributed by atoms with Crippen LogP contribution in [-0.4, -0.2) is 40.0 Å². The SMILES string of the molecule is CCc1ccc(-n2c(=S)sc3c(=O)n(-c4ccccc4OC)c(SCC(=O)Nc4cccc(OC)c4)nc32)cc1. The first kappa shape index (κ1) is 27.6. The average molecular weight is 591 g/mol. The van der Waals surface area contributed by atoms with E-state index in [2.05, 4.69) is 12.2 Å². The zero-order valence-corrected chi connectivity index (χ0v) is 24.5. The van der Waals surface area contributed by atoms with Gasteiger partial charge in [0.05, 0.1) is 25.7 Å². The Morgan fingerprint density at radius 1 is 1.02 bits per heavy atom. The Hall–Kier alpha value is -3.93. The predicted molar refractivity (Wildman–Crippen MR) is 164 cm³/mol. The Balaban J connectivity index is 1.60. The molecule has 2 heterocycles. The summed E-state index contributed by atoms with van der Waals surface area (Å²) in [7, 11) is 3.11. The summed E-state index contributed by atoms with van der Waals surface area (Å²) in [6.07, 6.45) is 0.913. The van der Waals surface area contributed by atoms with Crippen LogP contribution in [0.4, 0.5) is 5.69 Å². The molecule has 11 heteroatoms. The van der Waals surface area contributed by atoms with Crippen LogP contribution in [-0.2, 0) is 11.2 Å². The minimum Gasteiger partial charge on any atom is -0.497 e. The van der Waals surface area contributed by atoms with Crippen LogP contribution >= 0.6 is 35.3 Å². The molecule has 0 saturated heterocycles. The van der Waals surface area contributed by atoms with E-state index in [0.29, 0.717) is 42.3 Å². The number of thioether (sulfide) groups is 1. The number of ether oxygens (including phenoxy) is 2. The fraction of sp³-hybridized carbons (Fsp3) is 0.172. The number of methoxy groups -OCH3 is 2. The van der Waals surface area contributed by atoms with Gasteiger partial charge in [0.25, 0.3) is 5.56 Å². The summed E-state index contributed by atoms with van der Waals surface area (Å²) in [6.45, 7) is 2.09. The van der Waals surface area contributed by atoms with Crippen molar-refractivity contribution >= 4 is 57.3 Å². The minimum atomic E-state index is -0.287. The first-order valence-corrected chi connectivity index (χ1v) is 14.6. The number of hydrogen-bond acceptors (Lipinski definition) is 8. The van der Waals surface area contributed by atoms with E-state index in [1.807, 2.05) is 41.0 Å². The molecule has 0 aliphatic rings. The number of aromatic nitrogens is 3. The molecule has 0 unspecified atom stereocenters. The third kappa shape index (κ3) is 5.53.